The molecule has 0 aliphatic heterocycles. The zero-order chi connectivity index (χ0) is 15.0. The predicted octanol–water partition coefficient (Wildman–Crippen LogP) is 5.85. The first-order valence-electron chi connectivity index (χ1n) is 6.81. The largest absolute Gasteiger partial charge is 0.416 e. The van der Waals surface area contributed by atoms with Gasteiger partial charge in [0.25, 0.3) is 0 Å². The summed E-state index contributed by atoms with van der Waals surface area (Å²) >= 11 is 3.32. The van der Waals surface area contributed by atoms with E-state index in [0.717, 1.165) is 25.3 Å². The molecule has 5 heteroatoms. The van der Waals surface area contributed by atoms with Gasteiger partial charge in [-0.25, -0.2) is 0 Å². The highest BCUT2D eigenvalue weighted by Crippen LogP contribution is 2.38. The van der Waals surface area contributed by atoms with Crippen molar-refractivity contribution >= 4 is 21.6 Å². The van der Waals surface area contributed by atoms with Crippen LogP contribution in [0.25, 0.3) is 0 Å². The summed E-state index contributed by atoms with van der Waals surface area (Å²) in [4.78, 5) is 0. The summed E-state index contributed by atoms with van der Waals surface area (Å²) in [6, 6.07) is 3.98. The van der Waals surface area contributed by atoms with Gasteiger partial charge in [-0.05, 0) is 58.8 Å². The van der Waals surface area contributed by atoms with Crippen LogP contribution >= 0.6 is 15.9 Å². The van der Waals surface area contributed by atoms with Crippen LogP contribution < -0.4 is 5.32 Å². The second kappa shape index (κ2) is 5.58. The Kier molecular flexibility index (Phi) is 4.38. The maximum Gasteiger partial charge on any atom is 0.416 e. The van der Waals surface area contributed by atoms with Crippen molar-refractivity contribution in [1.82, 2.24) is 0 Å². The van der Waals surface area contributed by atoms with E-state index in [-0.39, 0.29) is 11.5 Å². The fraction of sp³-hybridized carbons (Fsp3) is 0.600. The molecule has 1 fully saturated rings. The average Bonchev–Trinajstić information content (AvgIpc) is 2.29. The molecule has 20 heavy (non-hydrogen) atoms. The molecule has 112 valence electrons. The van der Waals surface area contributed by atoms with Gasteiger partial charge >= 0.3 is 6.18 Å². The first-order valence-corrected chi connectivity index (χ1v) is 7.60. The number of rotatable bonds is 2. The fourth-order valence-corrected chi connectivity index (χ4v) is 3.21. The van der Waals surface area contributed by atoms with Gasteiger partial charge in [-0.15, -0.1) is 0 Å². The van der Waals surface area contributed by atoms with E-state index in [1.165, 1.54) is 18.6 Å². The van der Waals surface area contributed by atoms with Gasteiger partial charge in [-0.3, -0.25) is 0 Å². The molecule has 1 N–H and O–H groups in total. The van der Waals surface area contributed by atoms with Gasteiger partial charge in [0.2, 0.25) is 0 Å². The maximum absolute atomic E-state index is 12.8. The topological polar surface area (TPSA) is 12.0 Å². The molecule has 0 spiro atoms. The monoisotopic (exact) mass is 349 g/mol. The summed E-state index contributed by atoms with van der Waals surface area (Å²) in [6.07, 6.45) is -0.0268. The van der Waals surface area contributed by atoms with E-state index in [4.69, 9.17) is 0 Å². The summed E-state index contributed by atoms with van der Waals surface area (Å²) in [5.41, 5.74) is 0.171. The Morgan fingerprint density at radius 1 is 1.30 bits per heavy atom. The second-order valence-electron chi connectivity index (χ2n) is 6.29. The van der Waals surface area contributed by atoms with Gasteiger partial charge in [0.1, 0.15) is 0 Å². The Morgan fingerprint density at radius 3 is 2.60 bits per heavy atom. The molecule has 1 aliphatic rings. The van der Waals surface area contributed by atoms with Crippen LogP contribution in [0.3, 0.4) is 0 Å². The molecule has 1 nitrogen and oxygen atoms in total. The smallest absolute Gasteiger partial charge is 0.381 e. The minimum atomic E-state index is -4.30. The molecule has 1 unspecified atom stereocenters. The molecular weight excluding hydrogens is 331 g/mol. The number of anilines is 1. The highest BCUT2D eigenvalue weighted by Gasteiger charge is 2.32. The van der Waals surface area contributed by atoms with Crippen molar-refractivity contribution in [3.8, 4) is 0 Å². The SMILES string of the molecule is CC1(C)CCCC(Nc2cc(C(F)(F)F)ccc2Br)C1. The molecule has 0 bridgehead atoms. The van der Waals surface area contributed by atoms with E-state index in [1.54, 1.807) is 0 Å². The zero-order valence-electron chi connectivity index (χ0n) is 11.6. The predicted molar refractivity (Wildman–Crippen MR) is 78.8 cm³/mol. The molecule has 1 atom stereocenters. The van der Waals surface area contributed by atoms with Gasteiger partial charge in [-0.2, -0.15) is 13.2 Å². The fourth-order valence-electron chi connectivity index (χ4n) is 2.85. The third-order valence-corrected chi connectivity index (χ3v) is 4.55. The number of hydrogen-bond acceptors (Lipinski definition) is 1. The van der Waals surface area contributed by atoms with Crippen molar-refractivity contribution in [2.24, 2.45) is 5.41 Å². The van der Waals surface area contributed by atoms with Crippen molar-refractivity contribution in [3.63, 3.8) is 0 Å². The summed E-state index contributed by atoms with van der Waals surface area (Å²) in [5, 5.41) is 3.27. The Morgan fingerprint density at radius 2 is 2.00 bits per heavy atom. The first-order chi connectivity index (χ1) is 9.17. The van der Waals surface area contributed by atoms with Crippen LogP contribution in [0.5, 0.6) is 0 Å². The summed E-state index contributed by atoms with van der Waals surface area (Å²) in [6.45, 7) is 4.42. The Balaban J connectivity index is 2.16. The minimum absolute atomic E-state index is 0.235. The van der Waals surface area contributed by atoms with E-state index in [1.807, 2.05) is 0 Å². The van der Waals surface area contributed by atoms with Gasteiger partial charge in [-0.1, -0.05) is 20.3 Å². The number of hydrogen-bond donors (Lipinski definition) is 1. The van der Waals surface area contributed by atoms with Crippen molar-refractivity contribution in [1.29, 1.82) is 0 Å². The lowest BCUT2D eigenvalue weighted by Gasteiger charge is -2.36. The van der Waals surface area contributed by atoms with Crippen LogP contribution in [0.2, 0.25) is 0 Å². The summed E-state index contributed by atoms with van der Waals surface area (Å²) in [7, 11) is 0. The summed E-state index contributed by atoms with van der Waals surface area (Å²) < 4.78 is 38.9. The molecule has 1 saturated carbocycles. The van der Waals surface area contributed by atoms with E-state index >= 15 is 0 Å². The highest BCUT2D eigenvalue weighted by atomic mass is 79.9. The maximum atomic E-state index is 12.8. The minimum Gasteiger partial charge on any atom is -0.381 e. The molecule has 0 saturated heterocycles. The van der Waals surface area contributed by atoms with Crippen molar-refractivity contribution in [3.05, 3.63) is 28.2 Å². The summed E-state index contributed by atoms with van der Waals surface area (Å²) in [5.74, 6) is 0. The van der Waals surface area contributed by atoms with Crippen LogP contribution in [0.4, 0.5) is 18.9 Å². The van der Waals surface area contributed by atoms with E-state index in [9.17, 15) is 13.2 Å². The van der Waals surface area contributed by atoms with Crippen LogP contribution in [0.1, 0.15) is 45.1 Å². The third kappa shape index (κ3) is 3.90. The molecular formula is C15H19BrF3N. The van der Waals surface area contributed by atoms with Crippen LogP contribution in [0, 0.1) is 5.41 Å². The lowest BCUT2D eigenvalue weighted by Crippen LogP contribution is -2.31. The van der Waals surface area contributed by atoms with Crippen molar-refractivity contribution in [2.45, 2.75) is 51.7 Å². The average molecular weight is 350 g/mol. The lowest BCUT2D eigenvalue weighted by atomic mass is 9.75. The molecule has 0 aromatic heterocycles. The quantitative estimate of drug-likeness (QED) is 0.706. The van der Waals surface area contributed by atoms with Crippen molar-refractivity contribution < 1.29 is 13.2 Å². The van der Waals surface area contributed by atoms with Gasteiger partial charge < -0.3 is 5.32 Å². The van der Waals surface area contributed by atoms with Crippen LogP contribution in [-0.2, 0) is 6.18 Å². The Hall–Kier alpha value is -0.710. The van der Waals surface area contributed by atoms with E-state index < -0.39 is 11.7 Å². The first kappa shape index (κ1) is 15.7. The van der Waals surface area contributed by atoms with Gasteiger partial charge in [0.15, 0.2) is 0 Å². The van der Waals surface area contributed by atoms with Crippen LogP contribution in [-0.4, -0.2) is 6.04 Å². The van der Waals surface area contributed by atoms with E-state index in [0.29, 0.717) is 10.2 Å². The molecule has 0 amide bonds. The van der Waals surface area contributed by atoms with Gasteiger partial charge in [0.05, 0.1) is 5.56 Å². The molecule has 2 rings (SSSR count). The van der Waals surface area contributed by atoms with Gasteiger partial charge in [0, 0.05) is 16.2 Å². The molecule has 0 heterocycles. The van der Waals surface area contributed by atoms with Crippen molar-refractivity contribution in [2.75, 3.05) is 5.32 Å². The highest BCUT2D eigenvalue weighted by molar-refractivity contribution is 9.10. The molecule has 0 radical (unpaired) electrons. The molecule has 1 aromatic carbocycles. The normalized spacial score (nSPS) is 22.6. The van der Waals surface area contributed by atoms with Crippen LogP contribution in [0.15, 0.2) is 22.7 Å². The Bertz CT molecular complexity index is 482. The number of nitrogens with one attached hydrogen (secondary N) is 1. The number of alkyl halides is 3. The number of halogens is 4. The zero-order valence-corrected chi connectivity index (χ0v) is 13.2. The standard InChI is InChI=1S/C15H19BrF3N/c1-14(2)7-3-4-11(9-14)20-13-8-10(15(17,18)19)5-6-12(13)16/h5-6,8,11,20H,3-4,7,9H2,1-2H3. The number of benzene rings is 1. The third-order valence-electron chi connectivity index (χ3n) is 3.86. The van der Waals surface area contributed by atoms with E-state index in [2.05, 4.69) is 35.1 Å². The lowest BCUT2D eigenvalue weighted by molar-refractivity contribution is -0.137. The Labute approximate surface area is 126 Å². The second-order valence-corrected chi connectivity index (χ2v) is 7.15. The molecule has 1 aromatic rings. The molecule has 1 aliphatic carbocycles.